The predicted molar refractivity (Wildman–Crippen MR) is 106 cm³/mol. The maximum absolute atomic E-state index is 12.7. The van der Waals surface area contributed by atoms with Gasteiger partial charge in [0.2, 0.25) is 5.76 Å². The Morgan fingerprint density at radius 2 is 1.82 bits per heavy atom. The maximum atomic E-state index is 12.7. The molecule has 1 heterocycles. The molecule has 0 saturated carbocycles. The average molecular weight is 381 g/mol. The van der Waals surface area contributed by atoms with Gasteiger partial charge in [0, 0.05) is 23.2 Å². The molecule has 3 aromatic rings. The number of fused-ring (bicyclic) bond motifs is 1. The summed E-state index contributed by atoms with van der Waals surface area (Å²) in [5, 5.41) is 3.52. The molecule has 0 radical (unpaired) electrons. The molecule has 6 nitrogen and oxygen atoms in total. The second-order valence-corrected chi connectivity index (χ2v) is 6.45. The highest BCUT2D eigenvalue weighted by Gasteiger charge is 2.26. The molecule has 0 aliphatic rings. The van der Waals surface area contributed by atoms with Crippen molar-refractivity contribution < 1.29 is 23.5 Å². The van der Waals surface area contributed by atoms with E-state index in [9.17, 15) is 9.59 Å². The Bertz CT molecular complexity index is 974. The molecule has 2 aromatic carbocycles. The van der Waals surface area contributed by atoms with Gasteiger partial charge in [-0.05, 0) is 39.0 Å². The lowest BCUT2D eigenvalue weighted by Gasteiger charge is -2.13. The SMILES string of the molecule is CCOCc1c(C(=O)OC(C)C(=O)Nc2ccc(C)cc2)oc2ccccc12. The highest BCUT2D eigenvalue weighted by molar-refractivity contribution is 5.99. The van der Waals surface area contributed by atoms with Gasteiger partial charge in [-0.25, -0.2) is 4.79 Å². The summed E-state index contributed by atoms with van der Waals surface area (Å²) < 4.78 is 16.5. The minimum absolute atomic E-state index is 0.0598. The Balaban J connectivity index is 1.74. The quantitative estimate of drug-likeness (QED) is 0.611. The van der Waals surface area contributed by atoms with Gasteiger partial charge in [-0.1, -0.05) is 35.9 Å². The summed E-state index contributed by atoms with van der Waals surface area (Å²) >= 11 is 0. The van der Waals surface area contributed by atoms with E-state index in [1.54, 1.807) is 18.2 Å². The van der Waals surface area contributed by atoms with Crippen molar-refractivity contribution in [3.8, 4) is 0 Å². The fourth-order valence-electron chi connectivity index (χ4n) is 2.76. The summed E-state index contributed by atoms with van der Waals surface area (Å²) in [6.07, 6.45) is -0.984. The lowest BCUT2D eigenvalue weighted by atomic mass is 10.1. The van der Waals surface area contributed by atoms with Crippen LogP contribution in [0, 0.1) is 6.92 Å². The first-order valence-electron chi connectivity index (χ1n) is 9.16. The van der Waals surface area contributed by atoms with Crippen molar-refractivity contribution in [3.05, 3.63) is 65.4 Å². The molecule has 6 heteroatoms. The van der Waals surface area contributed by atoms with Crippen molar-refractivity contribution in [2.24, 2.45) is 0 Å². The number of aryl methyl sites for hydroxylation is 1. The van der Waals surface area contributed by atoms with Crippen LogP contribution in [0.3, 0.4) is 0 Å². The van der Waals surface area contributed by atoms with E-state index in [4.69, 9.17) is 13.9 Å². The first-order chi connectivity index (χ1) is 13.5. The van der Waals surface area contributed by atoms with Gasteiger partial charge in [-0.15, -0.1) is 0 Å². The molecule has 1 aromatic heterocycles. The number of hydrogen-bond donors (Lipinski definition) is 1. The fourth-order valence-corrected chi connectivity index (χ4v) is 2.76. The zero-order chi connectivity index (χ0) is 20.1. The van der Waals surface area contributed by atoms with Crippen LogP contribution in [0.2, 0.25) is 0 Å². The van der Waals surface area contributed by atoms with E-state index in [1.165, 1.54) is 6.92 Å². The highest BCUT2D eigenvalue weighted by Crippen LogP contribution is 2.27. The summed E-state index contributed by atoms with van der Waals surface area (Å²) in [5.41, 5.74) is 2.91. The maximum Gasteiger partial charge on any atom is 0.375 e. The van der Waals surface area contributed by atoms with Crippen molar-refractivity contribution in [2.75, 3.05) is 11.9 Å². The molecule has 1 N–H and O–H groups in total. The Morgan fingerprint density at radius 3 is 2.54 bits per heavy atom. The van der Waals surface area contributed by atoms with E-state index < -0.39 is 18.0 Å². The predicted octanol–water partition coefficient (Wildman–Crippen LogP) is 4.46. The van der Waals surface area contributed by atoms with E-state index in [-0.39, 0.29) is 12.4 Å². The Labute approximate surface area is 163 Å². The van der Waals surface area contributed by atoms with Crippen molar-refractivity contribution in [2.45, 2.75) is 33.5 Å². The van der Waals surface area contributed by atoms with Crippen LogP contribution in [0.4, 0.5) is 5.69 Å². The number of hydrogen-bond acceptors (Lipinski definition) is 5. The number of carbonyl (C=O) groups excluding carboxylic acids is 2. The summed E-state index contributed by atoms with van der Waals surface area (Å²) in [6, 6.07) is 14.7. The molecule has 0 spiro atoms. The van der Waals surface area contributed by atoms with Gasteiger partial charge in [0.25, 0.3) is 5.91 Å². The van der Waals surface area contributed by atoms with E-state index in [0.717, 1.165) is 10.9 Å². The first kappa shape index (κ1) is 19.6. The second kappa shape index (κ2) is 8.71. The molecule has 146 valence electrons. The molecule has 3 rings (SSSR count). The van der Waals surface area contributed by atoms with Gasteiger partial charge < -0.3 is 19.2 Å². The van der Waals surface area contributed by atoms with Crippen LogP contribution < -0.4 is 5.32 Å². The lowest BCUT2D eigenvalue weighted by Crippen LogP contribution is -2.30. The van der Waals surface area contributed by atoms with Crippen molar-refractivity contribution in [1.29, 1.82) is 0 Å². The molecule has 0 bridgehead atoms. The lowest BCUT2D eigenvalue weighted by molar-refractivity contribution is -0.123. The van der Waals surface area contributed by atoms with Crippen LogP contribution in [0.5, 0.6) is 0 Å². The smallest absolute Gasteiger partial charge is 0.375 e. The van der Waals surface area contributed by atoms with Crippen molar-refractivity contribution >= 4 is 28.5 Å². The second-order valence-electron chi connectivity index (χ2n) is 6.45. The summed E-state index contributed by atoms with van der Waals surface area (Å²) in [6.45, 7) is 6.08. The van der Waals surface area contributed by atoms with Crippen LogP contribution in [0.25, 0.3) is 11.0 Å². The van der Waals surface area contributed by atoms with E-state index in [2.05, 4.69) is 5.32 Å². The fraction of sp³-hybridized carbons (Fsp3) is 0.273. The standard InChI is InChI=1S/C22H23NO5/c1-4-26-13-18-17-7-5-6-8-19(17)28-20(18)22(25)27-15(3)21(24)23-16-11-9-14(2)10-12-16/h5-12,15H,4,13H2,1-3H3,(H,23,24). The van der Waals surface area contributed by atoms with Crippen LogP contribution in [-0.2, 0) is 20.9 Å². The minimum atomic E-state index is -0.984. The first-order valence-corrected chi connectivity index (χ1v) is 9.16. The monoisotopic (exact) mass is 381 g/mol. The number of anilines is 1. The number of nitrogens with one attached hydrogen (secondary N) is 1. The Morgan fingerprint density at radius 1 is 1.11 bits per heavy atom. The van der Waals surface area contributed by atoms with Crippen LogP contribution in [-0.4, -0.2) is 24.6 Å². The zero-order valence-corrected chi connectivity index (χ0v) is 16.2. The van der Waals surface area contributed by atoms with Gasteiger partial charge in [-0.2, -0.15) is 0 Å². The average Bonchev–Trinajstić information content (AvgIpc) is 3.06. The number of furan rings is 1. The third-order valence-electron chi connectivity index (χ3n) is 4.31. The normalized spacial score (nSPS) is 12.0. The number of ether oxygens (including phenoxy) is 2. The molecular weight excluding hydrogens is 358 g/mol. The molecule has 0 saturated heterocycles. The summed E-state index contributed by atoms with van der Waals surface area (Å²) in [5.74, 6) is -1.05. The van der Waals surface area contributed by atoms with Crippen molar-refractivity contribution in [3.63, 3.8) is 0 Å². The number of amides is 1. The minimum Gasteiger partial charge on any atom is -0.449 e. The van der Waals surface area contributed by atoms with Crippen LogP contribution in [0.1, 0.15) is 35.5 Å². The molecule has 1 atom stereocenters. The Kier molecular flexibility index (Phi) is 6.11. The summed E-state index contributed by atoms with van der Waals surface area (Å²) in [4.78, 5) is 25.0. The van der Waals surface area contributed by atoms with E-state index in [0.29, 0.717) is 23.4 Å². The van der Waals surface area contributed by atoms with Crippen LogP contribution >= 0.6 is 0 Å². The van der Waals surface area contributed by atoms with Crippen molar-refractivity contribution in [1.82, 2.24) is 0 Å². The van der Waals surface area contributed by atoms with E-state index in [1.807, 2.05) is 44.2 Å². The topological polar surface area (TPSA) is 77.8 Å². The largest absolute Gasteiger partial charge is 0.449 e. The third kappa shape index (κ3) is 4.40. The number of rotatable bonds is 7. The van der Waals surface area contributed by atoms with Gasteiger partial charge in [0.05, 0.1) is 6.61 Å². The van der Waals surface area contributed by atoms with Gasteiger partial charge in [-0.3, -0.25) is 4.79 Å². The molecule has 28 heavy (non-hydrogen) atoms. The van der Waals surface area contributed by atoms with Gasteiger partial charge in [0.1, 0.15) is 5.58 Å². The van der Waals surface area contributed by atoms with Gasteiger partial charge in [0.15, 0.2) is 6.10 Å². The molecule has 0 aliphatic heterocycles. The molecular formula is C22H23NO5. The number of para-hydroxylation sites is 1. The number of esters is 1. The highest BCUT2D eigenvalue weighted by atomic mass is 16.6. The van der Waals surface area contributed by atoms with Crippen LogP contribution in [0.15, 0.2) is 52.9 Å². The summed E-state index contributed by atoms with van der Waals surface area (Å²) in [7, 11) is 0. The molecule has 0 fully saturated rings. The van der Waals surface area contributed by atoms with Gasteiger partial charge >= 0.3 is 5.97 Å². The number of benzene rings is 2. The molecule has 1 amide bonds. The van der Waals surface area contributed by atoms with E-state index >= 15 is 0 Å². The molecule has 1 unspecified atom stereocenters. The molecule has 0 aliphatic carbocycles. The zero-order valence-electron chi connectivity index (χ0n) is 16.2. The number of carbonyl (C=O) groups is 2. The Hall–Kier alpha value is -3.12. The third-order valence-corrected chi connectivity index (χ3v) is 4.31.